The zero-order valence-electron chi connectivity index (χ0n) is 13.7. The van der Waals surface area contributed by atoms with Crippen molar-refractivity contribution in [2.24, 2.45) is 0 Å². The van der Waals surface area contributed by atoms with Crippen molar-refractivity contribution in [3.63, 3.8) is 0 Å². The summed E-state index contributed by atoms with van der Waals surface area (Å²) in [5.74, 6) is 0.0317. The number of methoxy groups -OCH3 is 1. The molecule has 8 heteroatoms. The van der Waals surface area contributed by atoms with E-state index in [-0.39, 0.29) is 10.9 Å². The maximum atomic E-state index is 12.4. The highest BCUT2D eigenvalue weighted by atomic mass is 32.2. The third-order valence-corrected chi connectivity index (χ3v) is 5.61. The Balaban J connectivity index is 2.02. The van der Waals surface area contributed by atoms with Gasteiger partial charge in [0.05, 0.1) is 18.6 Å². The highest BCUT2D eigenvalue weighted by Crippen LogP contribution is 2.18. The van der Waals surface area contributed by atoms with Crippen LogP contribution in [0.2, 0.25) is 0 Å². The van der Waals surface area contributed by atoms with Crippen LogP contribution in [0.1, 0.15) is 32.1 Å². The number of carbonyl (C=O) groups is 1. The molecule has 1 saturated carbocycles. The molecule has 3 N–H and O–H groups in total. The first-order valence-electron chi connectivity index (χ1n) is 8.04. The van der Waals surface area contributed by atoms with Gasteiger partial charge in [0, 0.05) is 6.04 Å². The van der Waals surface area contributed by atoms with Crippen molar-refractivity contribution in [3.8, 4) is 5.75 Å². The Hall–Kier alpha value is -1.64. The second-order valence-corrected chi connectivity index (χ2v) is 7.59. The van der Waals surface area contributed by atoms with E-state index in [9.17, 15) is 18.3 Å². The number of hydrogen-bond donors (Lipinski definition) is 3. The van der Waals surface area contributed by atoms with Gasteiger partial charge in [0.2, 0.25) is 15.9 Å². The van der Waals surface area contributed by atoms with Gasteiger partial charge in [0.15, 0.2) is 0 Å². The van der Waals surface area contributed by atoms with Crippen molar-refractivity contribution in [1.29, 1.82) is 0 Å². The Labute approximate surface area is 142 Å². The third-order valence-electron chi connectivity index (χ3n) is 4.12. The maximum Gasteiger partial charge on any atom is 0.241 e. The largest absolute Gasteiger partial charge is 0.497 e. The highest BCUT2D eigenvalue weighted by Gasteiger charge is 2.27. The van der Waals surface area contributed by atoms with Gasteiger partial charge in [-0.05, 0) is 37.1 Å². The molecule has 1 aromatic carbocycles. The van der Waals surface area contributed by atoms with E-state index in [0.717, 1.165) is 32.1 Å². The zero-order valence-corrected chi connectivity index (χ0v) is 14.5. The number of rotatable bonds is 7. The summed E-state index contributed by atoms with van der Waals surface area (Å²) in [6, 6.07) is 4.64. The van der Waals surface area contributed by atoms with E-state index in [1.807, 2.05) is 0 Å². The van der Waals surface area contributed by atoms with E-state index in [0.29, 0.717) is 5.75 Å². The fraction of sp³-hybridized carbons (Fsp3) is 0.562. The average Bonchev–Trinajstić information content (AvgIpc) is 2.60. The number of aliphatic hydroxyl groups is 1. The molecule has 0 bridgehead atoms. The second kappa shape index (κ2) is 8.46. The van der Waals surface area contributed by atoms with E-state index >= 15 is 0 Å². The molecular formula is C16H24N2O5S. The van der Waals surface area contributed by atoms with Crippen molar-refractivity contribution in [1.82, 2.24) is 10.0 Å². The summed E-state index contributed by atoms with van der Waals surface area (Å²) in [6.45, 7) is -0.603. The molecule has 24 heavy (non-hydrogen) atoms. The maximum absolute atomic E-state index is 12.4. The minimum Gasteiger partial charge on any atom is -0.497 e. The van der Waals surface area contributed by atoms with Crippen LogP contribution in [0.5, 0.6) is 5.75 Å². The molecule has 1 atom stereocenters. The average molecular weight is 356 g/mol. The highest BCUT2D eigenvalue weighted by molar-refractivity contribution is 7.89. The van der Waals surface area contributed by atoms with Gasteiger partial charge in [-0.3, -0.25) is 4.79 Å². The first kappa shape index (κ1) is 18.7. The van der Waals surface area contributed by atoms with Crippen molar-refractivity contribution in [2.75, 3.05) is 13.7 Å². The summed E-state index contributed by atoms with van der Waals surface area (Å²) in [7, 11) is -2.42. The summed E-state index contributed by atoms with van der Waals surface area (Å²) < 4.78 is 32.0. The number of aliphatic hydroxyl groups excluding tert-OH is 1. The molecule has 7 nitrogen and oxygen atoms in total. The van der Waals surface area contributed by atoms with Gasteiger partial charge < -0.3 is 15.2 Å². The van der Waals surface area contributed by atoms with E-state index in [1.54, 1.807) is 0 Å². The molecule has 1 unspecified atom stereocenters. The Morgan fingerprint density at radius 1 is 1.25 bits per heavy atom. The van der Waals surface area contributed by atoms with Gasteiger partial charge in [-0.2, -0.15) is 4.72 Å². The van der Waals surface area contributed by atoms with Crippen LogP contribution in [0, 0.1) is 0 Å². The number of benzene rings is 1. The molecule has 1 aliphatic rings. The minimum atomic E-state index is -3.91. The predicted molar refractivity (Wildman–Crippen MR) is 89.2 cm³/mol. The van der Waals surface area contributed by atoms with Crippen LogP contribution in [-0.2, 0) is 14.8 Å². The second-order valence-electron chi connectivity index (χ2n) is 5.88. The predicted octanol–water partition coefficient (Wildman–Crippen LogP) is 0.783. The number of nitrogens with one attached hydrogen (secondary N) is 2. The summed E-state index contributed by atoms with van der Waals surface area (Å²) >= 11 is 0. The molecular weight excluding hydrogens is 332 g/mol. The lowest BCUT2D eigenvalue weighted by Gasteiger charge is -2.25. The molecule has 1 aliphatic carbocycles. The first-order chi connectivity index (χ1) is 11.5. The molecule has 134 valence electrons. The van der Waals surface area contributed by atoms with Crippen LogP contribution in [-0.4, -0.2) is 45.2 Å². The summed E-state index contributed by atoms with van der Waals surface area (Å²) in [6.07, 6.45) is 5.02. The van der Waals surface area contributed by atoms with Gasteiger partial charge in [0.1, 0.15) is 11.8 Å². The van der Waals surface area contributed by atoms with Crippen LogP contribution in [0.4, 0.5) is 0 Å². The molecule has 0 saturated heterocycles. The van der Waals surface area contributed by atoms with Crippen molar-refractivity contribution >= 4 is 15.9 Å². The topological polar surface area (TPSA) is 105 Å². The van der Waals surface area contributed by atoms with E-state index in [4.69, 9.17) is 4.74 Å². The van der Waals surface area contributed by atoms with Crippen LogP contribution in [0.15, 0.2) is 29.2 Å². The van der Waals surface area contributed by atoms with E-state index in [2.05, 4.69) is 10.0 Å². The zero-order chi connectivity index (χ0) is 17.6. The monoisotopic (exact) mass is 356 g/mol. The normalized spacial score (nSPS) is 17.2. The third kappa shape index (κ3) is 4.93. The summed E-state index contributed by atoms with van der Waals surface area (Å²) in [5.41, 5.74) is 0. The Bertz CT molecular complexity index is 639. The molecule has 1 aromatic rings. The molecule has 1 amide bonds. The van der Waals surface area contributed by atoms with Gasteiger partial charge in [-0.15, -0.1) is 0 Å². The van der Waals surface area contributed by atoms with Crippen molar-refractivity contribution < 1.29 is 23.1 Å². The number of hydrogen-bond acceptors (Lipinski definition) is 5. The fourth-order valence-corrected chi connectivity index (χ4v) is 3.92. The minimum absolute atomic E-state index is 0.00668. The Morgan fingerprint density at radius 3 is 2.42 bits per heavy atom. The van der Waals surface area contributed by atoms with Crippen molar-refractivity contribution in [2.45, 2.75) is 49.1 Å². The number of amides is 1. The summed E-state index contributed by atoms with van der Waals surface area (Å²) in [4.78, 5) is 12.2. The lowest BCUT2D eigenvalue weighted by atomic mass is 9.95. The SMILES string of the molecule is COc1ccc(S(=O)(=O)NC(CO)C(=O)NC2CCCCC2)cc1. The molecule has 2 rings (SSSR count). The smallest absolute Gasteiger partial charge is 0.241 e. The quantitative estimate of drug-likeness (QED) is 0.670. The summed E-state index contributed by atoms with van der Waals surface area (Å²) in [5, 5.41) is 12.2. The van der Waals surface area contributed by atoms with Crippen LogP contribution < -0.4 is 14.8 Å². The molecule has 0 aromatic heterocycles. The Kier molecular flexibility index (Phi) is 6.59. The lowest BCUT2D eigenvalue weighted by Crippen LogP contribution is -2.51. The molecule has 0 aliphatic heterocycles. The van der Waals surface area contributed by atoms with Crippen LogP contribution in [0.25, 0.3) is 0 Å². The molecule has 0 radical (unpaired) electrons. The van der Waals surface area contributed by atoms with Crippen molar-refractivity contribution in [3.05, 3.63) is 24.3 Å². The molecule has 1 fully saturated rings. The Morgan fingerprint density at radius 2 is 1.88 bits per heavy atom. The van der Waals surface area contributed by atoms with Gasteiger partial charge in [-0.1, -0.05) is 19.3 Å². The standard InChI is InChI=1S/C16H24N2O5S/c1-23-13-7-9-14(10-8-13)24(21,22)18-15(11-19)16(20)17-12-5-3-2-4-6-12/h7-10,12,15,18-19H,2-6,11H2,1H3,(H,17,20). The lowest BCUT2D eigenvalue weighted by molar-refractivity contribution is -0.124. The van der Waals surface area contributed by atoms with Crippen LogP contribution >= 0.6 is 0 Å². The van der Waals surface area contributed by atoms with E-state index < -0.39 is 28.6 Å². The molecule has 0 spiro atoms. The van der Waals surface area contributed by atoms with Crippen LogP contribution in [0.3, 0.4) is 0 Å². The number of carbonyl (C=O) groups excluding carboxylic acids is 1. The molecule has 0 heterocycles. The van der Waals surface area contributed by atoms with Gasteiger partial charge >= 0.3 is 0 Å². The van der Waals surface area contributed by atoms with Gasteiger partial charge in [-0.25, -0.2) is 8.42 Å². The first-order valence-corrected chi connectivity index (χ1v) is 9.52. The van der Waals surface area contributed by atoms with E-state index in [1.165, 1.54) is 31.4 Å². The number of ether oxygens (including phenoxy) is 1. The van der Waals surface area contributed by atoms with Gasteiger partial charge in [0.25, 0.3) is 0 Å². The fourth-order valence-electron chi connectivity index (χ4n) is 2.73. The number of sulfonamides is 1.